The lowest BCUT2D eigenvalue weighted by molar-refractivity contribution is 0.00294. The Balaban J connectivity index is 1.14. The summed E-state index contributed by atoms with van der Waals surface area (Å²) in [5, 5.41) is 9.21. The van der Waals surface area contributed by atoms with Gasteiger partial charge < -0.3 is 15.0 Å². The maximum atomic E-state index is 13.5. The van der Waals surface area contributed by atoms with Gasteiger partial charge in [0, 0.05) is 49.7 Å². The van der Waals surface area contributed by atoms with E-state index in [1.54, 1.807) is 4.52 Å². The second-order valence-electron chi connectivity index (χ2n) is 9.65. The number of fused-ring (bicyclic) bond motifs is 3. The number of rotatable bonds is 6. The fourth-order valence-corrected chi connectivity index (χ4v) is 6.32. The molecule has 3 atom stereocenters. The molecule has 2 saturated carbocycles. The van der Waals surface area contributed by atoms with Gasteiger partial charge in [0.25, 0.3) is 0 Å². The van der Waals surface area contributed by atoms with Crippen molar-refractivity contribution in [1.82, 2.24) is 24.0 Å². The van der Waals surface area contributed by atoms with Crippen LogP contribution in [0.25, 0.3) is 5.65 Å². The minimum Gasteiger partial charge on any atom is -0.489 e. The average molecular weight is 476 g/mol. The molecule has 3 aromatic heterocycles. The smallest absolute Gasteiger partial charge is 0.248 e. The molecule has 176 valence electrons. The largest absolute Gasteiger partial charge is 0.489 e. The zero-order chi connectivity index (χ0) is 22.6. The van der Waals surface area contributed by atoms with E-state index in [4.69, 9.17) is 9.72 Å². The molecule has 0 radical (unpaired) electrons. The van der Waals surface area contributed by atoms with Crippen molar-refractivity contribution in [2.24, 2.45) is 17.8 Å². The average Bonchev–Trinajstić information content (AvgIpc) is 3.53. The Morgan fingerprint density at radius 2 is 2.03 bits per heavy atom. The lowest BCUT2D eigenvalue weighted by Crippen LogP contribution is -2.48. The van der Waals surface area contributed by atoms with Gasteiger partial charge in [0.15, 0.2) is 11.4 Å². The van der Waals surface area contributed by atoms with Crippen LogP contribution in [0, 0.1) is 24.7 Å². The first-order valence-corrected chi connectivity index (χ1v) is 12.4. The summed E-state index contributed by atoms with van der Waals surface area (Å²) in [5.74, 6) is 0.307. The minimum absolute atomic E-state index is 0.0515. The second kappa shape index (κ2) is 8.03. The van der Waals surface area contributed by atoms with Gasteiger partial charge in [-0.05, 0) is 56.1 Å². The lowest BCUT2D eigenvalue weighted by atomic mass is 9.92. The number of nitrogens with one attached hydrogen (secondary N) is 1. The van der Waals surface area contributed by atoms with Gasteiger partial charge in [-0.1, -0.05) is 0 Å². The predicted octanol–water partition coefficient (Wildman–Crippen LogP) is 4.03. The highest BCUT2D eigenvalue weighted by Gasteiger charge is 2.43. The first-order valence-electron chi connectivity index (χ1n) is 11.6. The topological polar surface area (TPSA) is 80.5 Å². The Bertz CT molecular complexity index is 1140. The molecule has 33 heavy (non-hydrogen) atoms. The van der Waals surface area contributed by atoms with Crippen LogP contribution in [0.2, 0.25) is 0 Å². The van der Waals surface area contributed by atoms with Crippen molar-refractivity contribution in [2.45, 2.75) is 51.0 Å². The molecule has 0 spiro atoms. The van der Waals surface area contributed by atoms with Crippen LogP contribution in [0.1, 0.15) is 37.9 Å². The minimum atomic E-state index is -2.56. The molecule has 1 aliphatic heterocycles. The van der Waals surface area contributed by atoms with E-state index < -0.39 is 5.92 Å². The molecule has 0 aromatic carbocycles. The molecule has 0 amide bonds. The van der Waals surface area contributed by atoms with Crippen LogP contribution in [0.3, 0.4) is 0 Å². The highest BCUT2D eigenvalue weighted by Crippen LogP contribution is 2.41. The third-order valence-electron chi connectivity index (χ3n) is 7.22. The van der Waals surface area contributed by atoms with Crippen molar-refractivity contribution in [1.29, 1.82) is 0 Å². The first kappa shape index (κ1) is 21.0. The molecule has 1 saturated heterocycles. The highest BCUT2D eigenvalue weighted by atomic mass is 32.1. The number of hydrogen-bond donors (Lipinski definition) is 1. The van der Waals surface area contributed by atoms with Crippen LogP contribution in [-0.2, 0) is 0 Å². The van der Waals surface area contributed by atoms with Crippen molar-refractivity contribution in [3.63, 3.8) is 0 Å². The maximum Gasteiger partial charge on any atom is 0.248 e. The molecule has 3 fully saturated rings. The summed E-state index contributed by atoms with van der Waals surface area (Å²) >= 11 is 1.47. The fourth-order valence-electron chi connectivity index (χ4n) is 5.63. The molecular weight excluding hydrogens is 448 g/mol. The van der Waals surface area contributed by atoms with Gasteiger partial charge in [-0.15, -0.1) is 5.10 Å². The van der Waals surface area contributed by atoms with Gasteiger partial charge in [0.2, 0.25) is 17.0 Å². The van der Waals surface area contributed by atoms with Gasteiger partial charge in [0.05, 0.1) is 6.61 Å². The van der Waals surface area contributed by atoms with E-state index in [2.05, 4.69) is 24.7 Å². The quantitative estimate of drug-likeness (QED) is 0.577. The zero-order valence-electron chi connectivity index (χ0n) is 18.5. The Morgan fingerprint density at radius 3 is 2.73 bits per heavy atom. The van der Waals surface area contributed by atoms with E-state index in [1.165, 1.54) is 24.4 Å². The number of pyridine rings is 1. The van der Waals surface area contributed by atoms with Crippen molar-refractivity contribution in [3.8, 4) is 5.75 Å². The Morgan fingerprint density at radius 1 is 1.21 bits per heavy atom. The van der Waals surface area contributed by atoms with Crippen LogP contribution >= 0.6 is 11.5 Å². The molecule has 2 aliphatic carbocycles. The number of halogens is 2. The number of aryl methyl sites for hydroxylation is 1. The van der Waals surface area contributed by atoms with Crippen molar-refractivity contribution < 1.29 is 13.5 Å². The normalized spacial score (nSPS) is 28.5. The lowest BCUT2D eigenvalue weighted by Gasteiger charge is -2.37. The molecule has 1 N–H and O–H groups in total. The van der Waals surface area contributed by atoms with Crippen LogP contribution in [0.5, 0.6) is 5.75 Å². The Labute approximate surface area is 194 Å². The Hall–Kier alpha value is -2.56. The highest BCUT2D eigenvalue weighted by molar-refractivity contribution is 7.09. The standard InChI is InChI=1S/C22H27F2N7OS/c1-13-25-21(33-29-13)30-10-15-4-5-16(11-30)18(15)26-20-27-19-17(3-2-8-31(19)28-20)32-12-14-6-7-22(23,24)9-14/h2-3,8,14-16,18H,4-7,9-12H2,1H3,(H,26,28). The summed E-state index contributed by atoms with van der Waals surface area (Å²) in [7, 11) is 0. The monoisotopic (exact) mass is 475 g/mol. The van der Waals surface area contributed by atoms with E-state index in [9.17, 15) is 8.78 Å². The van der Waals surface area contributed by atoms with Crippen LogP contribution in [0.15, 0.2) is 18.3 Å². The maximum absolute atomic E-state index is 13.5. The SMILES string of the molecule is Cc1nsc(N2CC3CCC(C2)C3Nc2nc3c(OCC4CCC(F)(F)C4)cccn3n2)n1. The van der Waals surface area contributed by atoms with E-state index in [0.717, 1.165) is 24.0 Å². The summed E-state index contributed by atoms with van der Waals surface area (Å²) in [6, 6.07) is 3.99. The second-order valence-corrected chi connectivity index (χ2v) is 10.4. The van der Waals surface area contributed by atoms with Gasteiger partial charge in [-0.25, -0.2) is 18.3 Å². The molecule has 3 aromatic rings. The zero-order valence-corrected chi connectivity index (χ0v) is 19.3. The fraction of sp³-hybridized carbons (Fsp3) is 0.636. The van der Waals surface area contributed by atoms with E-state index in [1.807, 2.05) is 25.3 Å². The molecule has 3 aliphatic rings. The molecule has 3 unspecified atom stereocenters. The number of nitrogens with zero attached hydrogens (tertiary/aromatic N) is 6. The summed E-state index contributed by atoms with van der Waals surface area (Å²) in [6.07, 6.45) is 4.51. The third-order valence-corrected chi connectivity index (χ3v) is 8.09. The Kier molecular flexibility index (Phi) is 5.11. The van der Waals surface area contributed by atoms with Crippen LogP contribution in [-0.4, -0.2) is 55.6 Å². The number of ether oxygens (including phenoxy) is 1. The number of aromatic nitrogens is 5. The molecular formula is C22H27F2N7OS. The van der Waals surface area contributed by atoms with Gasteiger partial charge in [-0.2, -0.15) is 9.36 Å². The van der Waals surface area contributed by atoms with Gasteiger partial charge >= 0.3 is 0 Å². The summed E-state index contributed by atoms with van der Waals surface area (Å²) in [6.45, 7) is 4.12. The molecule has 8 nitrogen and oxygen atoms in total. The number of piperidine rings is 1. The first-order chi connectivity index (χ1) is 15.9. The van der Waals surface area contributed by atoms with Crippen molar-refractivity contribution >= 4 is 28.3 Å². The van der Waals surface area contributed by atoms with Crippen LogP contribution < -0.4 is 15.0 Å². The van der Waals surface area contributed by atoms with E-state index >= 15 is 0 Å². The van der Waals surface area contributed by atoms with Gasteiger partial charge in [0.1, 0.15) is 5.82 Å². The predicted molar refractivity (Wildman–Crippen MR) is 121 cm³/mol. The summed E-state index contributed by atoms with van der Waals surface area (Å²) in [4.78, 5) is 11.6. The van der Waals surface area contributed by atoms with Crippen molar-refractivity contribution in [2.75, 3.05) is 29.9 Å². The van der Waals surface area contributed by atoms with Gasteiger partial charge in [-0.3, -0.25) is 0 Å². The van der Waals surface area contributed by atoms with E-state index in [-0.39, 0.29) is 25.4 Å². The molecule has 6 rings (SSSR count). The molecule has 4 heterocycles. The van der Waals surface area contributed by atoms with E-state index in [0.29, 0.717) is 41.6 Å². The molecule has 2 bridgehead atoms. The summed E-state index contributed by atoms with van der Waals surface area (Å²) in [5.41, 5.74) is 0.610. The van der Waals surface area contributed by atoms with Crippen molar-refractivity contribution in [3.05, 3.63) is 24.2 Å². The molecule has 11 heteroatoms. The van der Waals surface area contributed by atoms with Crippen LogP contribution in [0.4, 0.5) is 19.9 Å². The third kappa shape index (κ3) is 4.11. The number of alkyl halides is 2. The summed E-state index contributed by atoms with van der Waals surface area (Å²) < 4.78 is 38.9. The number of anilines is 2. The number of hydrogen-bond acceptors (Lipinski definition) is 8.